The van der Waals surface area contributed by atoms with E-state index in [9.17, 15) is 8.42 Å². The van der Waals surface area contributed by atoms with E-state index in [1.807, 2.05) is 6.20 Å². The first-order chi connectivity index (χ1) is 10.9. The zero-order chi connectivity index (χ0) is 16.9. The van der Waals surface area contributed by atoms with Gasteiger partial charge in [0.2, 0.25) is 10.0 Å². The molecule has 2 aromatic rings. The lowest BCUT2D eigenvalue weighted by Gasteiger charge is -2.19. The first-order valence-corrected chi connectivity index (χ1v) is 9.76. The van der Waals surface area contributed by atoms with Gasteiger partial charge in [-0.05, 0) is 43.4 Å². The van der Waals surface area contributed by atoms with Crippen LogP contribution in [0.25, 0.3) is 0 Å². The lowest BCUT2D eigenvalue weighted by molar-refractivity contribution is 0.573. The number of hydrogen-bond acceptors (Lipinski definition) is 3. The third-order valence-corrected chi connectivity index (χ3v) is 4.93. The second-order valence-corrected chi connectivity index (χ2v) is 7.84. The Hall–Kier alpha value is -1.66. The minimum atomic E-state index is -3.10. The molecule has 0 saturated heterocycles. The lowest BCUT2D eigenvalue weighted by Crippen LogP contribution is -2.23. The van der Waals surface area contributed by atoms with Crippen molar-refractivity contribution in [1.82, 2.24) is 14.7 Å². The summed E-state index contributed by atoms with van der Waals surface area (Å²) < 4.78 is 24.7. The number of benzene rings is 1. The minimum absolute atomic E-state index is 0.260. The Morgan fingerprint density at radius 1 is 1.26 bits per heavy atom. The summed E-state index contributed by atoms with van der Waals surface area (Å²) in [7, 11) is -3.10. The summed E-state index contributed by atoms with van der Waals surface area (Å²) in [6.07, 6.45) is 7.50. The predicted octanol–water partition coefficient (Wildman–Crippen LogP) is 2.88. The molecule has 0 bridgehead atoms. The van der Waals surface area contributed by atoms with Gasteiger partial charge in [0.15, 0.2) is 0 Å². The van der Waals surface area contributed by atoms with Gasteiger partial charge in [-0.3, -0.25) is 0 Å². The molecule has 1 heterocycles. The van der Waals surface area contributed by atoms with E-state index in [0.29, 0.717) is 6.54 Å². The number of rotatable bonds is 8. The molecule has 2 N–H and O–H groups in total. The van der Waals surface area contributed by atoms with Gasteiger partial charge < -0.3 is 4.98 Å². The fraction of sp³-hybridized carbons (Fsp3) is 0.471. The van der Waals surface area contributed by atoms with E-state index < -0.39 is 10.0 Å². The molecule has 5 nitrogen and oxygen atoms in total. The van der Waals surface area contributed by atoms with Gasteiger partial charge in [0.25, 0.3) is 0 Å². The summed E-state index contributed by atoms with van der Waals surface area (Å²) >= 11 is 0. The third-order valence-electron chi connectivity index (χ3n) is 4.20. The van der Waals surface area contributed by atoms with Crippen LogP contribution in [-0.2, 0) is 10.0 Å². The molecular weight excluding hydrogens is 310 g/mol. The van der Waals surface area contributed by atoms with Crippen molar-refractivity contribution in [2.75, 3.05) is 12.8 Å². The number of H-pyrrole nitrogens is 1. The van der Waals surface area contributed by atoms with Crippen molar-refractivity contribution in [2.24, 2.45) is 0 Å². The maximum atomic E-state index is 11.1. The van der Waals surface area contributed by atoms with Crippen LogP contribution in [0.5, 0.6) is 0 Å². The summed E-state index contributed by atoms with van der Waals surface area (Å²) in [4.78, 5) is 7.38. The molecule has 1 unspecified atom stereocenters. The number of aryl methyl sites for hydroxylation is 1. The van der Waals surface area contributed by atoms with E-state index in [0.717, 1.165) is 25.0 Å². The highest BCUT2D eigenvalue weighted by molar-refractivity contribution is 7.88. The van der Waals surface area contributed by atoms with Crippen LogP contribution in [-0.4, -0.2) is 31.2 Å². The Morgan fingerprint density at radius 3 is 2.70 bits per heavy atom. The molecule has 0 spiro atoms. The number of sulfonamides is 1. The van der Waals surface area contributed by atoms with Gasteiger partial charge in [-0.25, -0.2) is 18.1 Å². The Kier molecular flexibility index (Phi) is 5.96. The average Bonchev–Trinajstić information content (AvgIpc) is 2.99. The van der Waals surface area contributed by atoms with Gasteiger partial charge in [0, 0.05) is 24.4 Å². The number of unbranched alkanes of at least 4 members (excludes halogenated alkanes) is 1. The summed E-state index contributed by atoms with van der Waals surface area (Å²) in [6, 6.07) is 6.38. The van der Waals surface area contributed by atoms with Crippen molar-refractivity contribution >= 4 is 10.0 Å². The van der Waals surface area contributed by atoms with E-state index in [1.165, 1.54) is 22.9 Å². The van der Waals surface area contributed by atoms with E-state index in [4.69, 9.17) is 0 Å². The van der Waals surface area contributed by atoms with E-state index in [-0.39, 0.29) is 5.92 Å². The summed E-state index contributed by atoms with van der Waals surface area (Å²) in [6.45, 7) is 4.76. The molecule has 0 radical (unpaired) electrons. The second-order valence-electron chi connectivity index (χ2n) is 6.01. The number of nitrogens with zero attached hydrogens (tertiary/aromatic N) is 1. The molecular formula is C17H25N3O2S. The molecule has 1 aromatic heterocycles. The topological polar surface area (TPSA) is 74.8 Å². The molecule has 1 atom stereocenters. The van der Waals surface area contributed by atoms with Gasteiger partial charge in [-0.15, -0.1) is 0 Å². The molecule has 0 amide bonds. The highest BCUT2D eigenvalue weighted by atomic mass is 32.2. The number of imidazole rings is 1. The molecule has 0 aliphatic carbocycles. The normalized spacial score (nSPS) is 13.2. The monoisotopic (exact) mass is 335 g/mol. The predicted molar refractivity (Wildman–Crippen MR) is 93.0 cm³/mol. The van der Waals surface area contributed by atoms with Gasteiger partial charge in [-0.1, -0.05) is 24.6 Å². The van der Waals surface area contributed by atoms with Crippen molar-refractivity contribution in [2.45, 2.75) is 39.0 Å². The Labute approximate surface area is 138 Å². The molecule has 6 heteroatoms. The number of hydrogen-bond donors (Lipinski definition) is 2. The second kappa shape index (κ2) is 7.75. The quantitative estimate of drug-likeness (QED) is 0.728. The largest absolute Gasteiger partial charge is 0.348 e. The zero-order valence-electron chi connectivity index (χ0n) is 14.0. The highest BCUT2D eigenvalue weighted by Crippen LogP contribution is 2.31. The van der Waals surface area contributed by atoms with E-state index >= 15 is 0 Å². The van der Waals surface area contributed by atoms with Crippen molar-refractivity contribution in [3.63, 3.8) is 0 Å². The SMILES string of the molecule is Cc1cccc(C(CCCCNS(C)(=O)=O)c2cnc[nH]2)c1C. The number of nitrogens with one attached hydrogen (secondary N) is 2. The Balaban J connectivity index is 2.06. The standard InChI is InChI=1S/C17H25N3O2S/c1-13-7-6-9-15(14(13)2)16(17-11-18-12-19-17)8-4-5-10-20-23(3,21)22/h6-7,9,11-12,16,20H,4-5,8,10H2,1-3H3,(H,18,19). The van der Waals surface area contributed by atoms with E-state index in [1.54, 1.807) is 6.33 Å². The summed E-state index contributed by atoms with van der Waals surface area (Å²) in [5, 5.41) is 0. The smallest absolute Gasteiger partial charge is 0.208 e. The van der Waals surface area contributed by atoms with Crippen LogP contribution in [0.4, 0.5) is 0 Å². The van der Waals surface area contributed by atoms with Crippen LogP contribution in [0.3, 0.4) is 0 Å². The fourth-order valence-corrected chi connectivity index (χ4v) is 3.33. The first kappa shape index (κ1) is 17.7. The molecule has 1 aromatic carbocycles. The molecule has 0 saturated carbocycles. The third kappa shape index (κ3) is 5.18. The zero-order valence-corrected chi connectivity index (χ0v) is 14.8. The maximum Gasteiger partial charge on any atom is 0.208 e. The number of aromatic amines is 1. The van der Waals surface area contributed by atoms with Crippen molar-refractivity contribution in [3.8, 4) is 0 Å². The van der Waals surface area contributed by atoms with Crippen LogP contribution in [0.2, 0.25) is 0 Å². The van der Waals surface area contributed by atoms with Crippen molar-refractivity contribution < 1.29 is 8.42 Å². The molecule has 0 aliphatic heterocycles. The first-order valence-electron chi connectivity index (χ1n) is 7.87. The van der Waals surface area contributed by atoms with Gasteiger partial charge in [-0.2, -0.15) is 0 Å². The molecule has 23 heavy (non-hydrogen) atoms. The van der Waals surface area contributed by atoms with Gasteiger partial charge in [0.1, 0.15) is 0 Å². The van der Waals surface area contributed by atoms with Crippen LogP contribution in [0.15, 0.2) is 30.7 Å². The number of aromatic nitrogens is 2. The minimum Gasteiger partial charge on any atom is -0.348 e. The molecule has 126 valence electrons. The molecule has 2 rings (SSSR count). The van der Waals surface area contributed by atoms with Crippen LogP contribution in [0.1, 0.15) is 47.6 Å². The summed E-state index contributed by atoms with van der Waals surface area (Å²) in [5.74, 6) is 0.260. The molecule has 0 fully saturated rings. The maximum absolute atomic E-state index is 11.1. The Morgan fingerprint density at radius 2 is 2.04 bits per heavy atom. The lowest BCUT2D eigenvalue weighted by atomic mass is 9.86. The summed E-state index contributed by atoms with van der Waals surface area (Å²) in [5.41, 5.74) is 5.01. The highest BCUT2D eigenvalue weighted by Gasteiger charge is 2.18. The van der Waals surface area contributed by atoms with Gasteiger partial charge in [0.05, 0.1) is 12.6 Å². The Bertz CT molecular complexity index is 724. The van der Waals surface area contributed by atoms with Crippen LogP contribution in [0, 0.1) is 13.8 Å². The molecule has 0 aliphatic rings. The van der Waals surface area contributed by atoms with Crippen molar-refractivity contribution in [3.05, 3.63) is 53.1 Å². The van der Waals surface area contributed by atoms with E-state index in [2.05, 4.69) is 46.7 Å². The fourth-order valence-electron chi connectivity index (χ4n) is 2.82. The average molecular weight is 335 g/mol. The van der Waals surface area contributed by atoms with Crippen LogP contribution < -0.4 is 4.72 Å². The van der Waals surface area contributed by atoms with Gasteiger partial charge >= 0.3 is 0 Å². The van der Waals surface area contributed by atoms with Crippen molar-refractivity contribution in [1.29, 1.82) is 0 Å². The van der Waals surface area contributed by atoms with Crippen LogP contribution >= 0.6 is 0 Å².